The molecular weight excluding hydrogens is 294 g/mol. The van der Waals surface area contributed by atoms with Crippen LogP contribution in [-0.2, 0) is 9.47 Å². The number of nitrogens with two attached hydrogens (primary N) is 1. The van der Waals surface area contributed by atoms with Crippen LogP contribution >= 0.6 is 0 Å². The van der Waals surface area contributed by atoms with E-state index in [1.54, 1.807) is 11.0 Å². The fourth-order valence-electron chi connectivity index (χ4n) is 2.37. The molecule has 1 aromatic carbocycles. The Bertz CT molecular complexity index is 577. The Morgan fingerprint density at radius 2 is 2.09 bits per heavy atom. The summed E-state index contributed by atoms with van der Waals surface area (Å²) in [4.78, 5) is 13.9. The van der Waals surface area contributed by atoms with E-state index in [-0.39, 0.29) is 11.6 Å². The quantitative estimate of drug-likeness (QED) is 0.833. The number of carbonyl (C=O) groups excluding carboxylic acids is 1. The van der Waals surface area contributed by atoms with E-state index >= 15 is 0 Å². The monoisotopic (exact) mass is 321 g/mol. The molecule has 23 heavy (non-hydrogen) atoms. The fraction of sp³-hybridized carbons (Fsp3) is 0.588. The Balaban J connectivity index is 2.15. The van der Waals surface area contributed by atoms with Gasteiger partial charge in [0.25, 0.3) is 0 Å². The Kier molecular flexibility index (Phi) is 4.75. The highest BCUT2D eigenvalue weighted by atomic mass is 16.6. The van der Waals surface area contributed by atoms with E-state index in [4.69, 9.17) is 15.2 Å². The van der Waals surface area contributed by atoms with E-state index in [1.807, 2.05) is 39.8 Å². The summed E-state index contributed by atoms with van der Waals surface area (Å²) in [5, 5.41) is 3.39. The molecule has 1 aromatic rings. The third-order valence-electron chi connectivity index (χ3n) is 3.55. The highest BCUT2D eigenvalue weighted by Gasteiger charge is 2.33. The van der Waals surface area contributed by atoms with Crippen LogP contribution in [0.25, 0.3) is 0 Å². The van der Waals surface area contributed by atoms with Gasteiger partial charge >= 0.3 is 6.09 Å². The molecule has 6 nitrogen and oxygen atoms in total. The Morgan fingerprint density at radius 1 is 1.43 bits per heavy atom. The maximum Gasteiger partial charge on any atom is 0.414 e. The lowest BCUT2D eigenvalue weighted by atomic mass is 10.00. The summed E-state index contributed by atoms with van der Waals surface area (Å²) < 4.78 is 10.7. The van der Waals surface area contributed by atoms with Gasteiger partial charge in [-0.05, 0) is 52.8 Å². The number of nitrogen functional groups attached to an aromatic ring is 1. The average molecular weight is 321 g/mol. The molecule has 0 aliphatic carbocycles. The number of hydrogen-bond donors (Lipinski definition) is 2. The van der Waals surface area contributed by atoms with Crippen LogP contribution in [0.4, 0.5) is 21.9 Å². The first-order valence-corrected chi connectivity index (χ1v) is 7.89. The van der Waals surface area contributed by atoms with E-state index in [0.717, 1.165) is 11.4 Å². The van der Waals surface area contributed by atoms with Gasteiger partial charge in [0, 0.05) is 12.2 Å². The number of ether oxygens (including phenoxy) is 2. The summed E-state index contributed by atoms with van der Waals surface area (Å²) in [7, 11) is 0. The van der Waals surface area contributed by atoms with Gasteiger partial charge in [-0.25, -0.2) is 4.79 Å². The summed E-state index contributed by atoms with van der Waals surface area (Å²) in [6, 6.07) is 5.55. The summed E-state index contributed by atoms with van der Waals surface area (Å²) >= 11 is 0. The molecule has 128 valence electrons. The van der Waals surface area contributed by atoms with Crippen molar-refractivity contribution in [2.45, 2.75) is 45.8 Å². The van der Waals surface area contributed by atoms with Crippen molar-refractivity contribution in [3.63, 3.8) is 0 Å². The van der Waals surface area contributed by atoms with Crippen LogP contribution < -0.4 is 16.0 Å². The molecule has 1 amide bonds. The van der Waals surface area contributed by atoms with Crippen LogP contribution in [0.5, 0.6) is 0 Å². The van der Waals surface area contributed by atoms with Crippen LogP contribution in [0.15, 0.2) is 18.2 Å². The van der Waals surface area contributed by atoms with Gasteiger partial charge < -0.3 is 20.5 Å². The zero-order chi connectivity index (χ0) is 17.3. The normalized spacial score (nSPS) is 16.4. The predicted octanol–water partition coefficient (Wildman–Crippen LogP) is 3.23. The molecule has 0 spiro atoms. The lowest BCUT2D eigenvalue weighted by Gasteiger charge is -2.40. The highest BCUT2D eigenvalue weighted by molar-refractivity contribution is 5.89. The second kappa shape index (κ2) is 6.28. The van der Waals surface area contributed by atoms with Gasteiger partial charge in [0.05, 0.1) is 30.1 Å². The molecule has 3 N–H and O–H groups in total. The minimum atomic E-state index is -0.531. The molecule has 1 aliphatic heterocycles. The molecule has 1 fully saturated rings. The largest absolute Gasteiger partial charge is 0.443 e. The highest BCUT2D eigenvalue weighted by Crippen LogP contribution is 2.30. The Hall–Kier alpha value is -1.95. The lowest BCUT2D eigenvalue weighted by molar-refractivity contribution is -0.0317. The van der Waals surface area contributed by atoms with Crippen molar-refractivity contribution >= 4 is 23.2 Å². The minimum Gasteiger partial charge on any atom is -0.443 e. The zero-order valence-corrected chi connectivity index (χ0v) is 14.6. The standard InChI is InChI=1S/C17H27N3O3/c1-6-20(15(21)23-16(2,3)4)12-7-8-14(13(18)9-12)19-17(5)10-22-11-17/h7-9,19H,6,10-11,18H2,1-5H3. The first-order valence-electron chi connectivity index (χ1n) is 7.89. The van der Waals surface area contributed by atoms with E-state index in [0.29, 0.717) is 25.4 Å². The van der Waals surface area contributed by atoms with E-state index in [2.05, 4.69) is 12.2 Å². The molecule has 1 heterocycles. The van der Waals surface area contributed by atoms with Crippen LogP contribution in [0, 0.1) is 0 Å². The number of carbonyl (C=O) groups is 1. The first-order chi connectivity index (χ1) is 10.6. The number of amides is 1. The van der Waals surface area contributed by atoms with Crippen molar-refractivity contribution in [2.75, 3.05) is 35.7 Å². The summed E-state index contributed by atoms with van der Waals surface area (Å²) in [6.45, 7) is 11.4. The molecule has 0 radical (unpaired) electrons. The van der Waals surface area contributed by atoms with E-state index in [9.17, 15) is 4.79 Å². The lowest BCUT2D eigenvalue weighted by Crippen LogP contribution is -2.53. The van der Waals surface area contributed by atoms with E-state index < -0.39 is 5.60 Å². The molecule has 1 saturated heterocycles. The fourth-order valence-corrected chi connectivity index (χ4v) is 2.37. The first kappa shape index (κ1) is 17.4. The third kappa shape index (κ3) is 4.28. The Labute approximate surface area is 137 Å². The van der Waals surface area contributed by atoms with E-state index in [1.165, 1.54) is 0 Å². The molecular formula is C17H27N3O3. The summed E-state index contributed by atoms with van der Waals surface area (Å²) in [6.07, 6.45) is -0.375. The molecule has 0 saturated carbocycles. The van der Waals surface area contributed by atoms with Gasteiger partial charge in [-0.1, -0.05) is 0 Å². The van der Waals surface area contributed by atoms with Gasteiger partial charge in [0.1, 0.15) is 5.60 Å². The number of benzene rings is 1. The van der Waals surface area contributed by atoms with Crippen molar-refractivity contribution in [1.82, 2.24) is 0 Å². The van der Waals surface area contributed by atoms with Crippen molar-refractivity contribution in [1.29, 1.82) is 0 Å². The predicted molar refractivity (Wildman–Crippen MR) is 93.0 cm³/mol. The van der Waals surface area contributed by atoms with Crippen molar-refractivity contribution in [3.05, 3.63) is 18.2 Å². The zero-order valence-electron chi connectivity index (χ0n) is 14.6. The van der Waals surface area contributed by atoms with Gasteiger partial charge in [-0.3, -0.25) is 4.90 Å². The summed E-state index contributed by atoms with van der Waals surface area (Å²) in [5.41, 5.74) is 7.70. The second-order valence-corrected chi connectivity index (χ2v) is 7.17. The third-order valence-corrected chi connectivity index (χ3v) is 3.55. The van der Waals surface area contributed by atoms with Crippen molar-refractivity contribution < 1.29 is 14.3 Å². The summed E-state index contributed by atoms with van der Waals surface area (Å²) in [5.74, 6) is 0. The van der Waals surface area contributed by atoms with Crippen molar-refractivity contribution in [3.8, 4) is 0 Å². The van der Waals surface area contributed by atoms with Crippen LogP contribution in [-0.4, -0.2) is 37.0 Å². The molecule has 0 atom stereocenters. The minimum absolute atomic E-state index is 0.0781. The molecule has 0 bridgehead atoms. The molecule has 0 aromatic heterocycles. The molecule has 0 unspecified atom stereocenters. The van der Waals surface area contributed by atoms with Gasteiger partial charge in [0.2, 0.25) is 0 Å². The Morgan fingerprint density at radius 3 is 2.52 bits per heavy atom. The van der Waals surface area contributed by atoms with Crippen LogP contribution in [0.2, 0.25) is 0 Å². The molecule has 2 rings (SSSR count). The number of hydrogen-bond acceptors (Lipinski definition) is 5. The second-order valence-electron chi connectivity index (χ2n) is 7.17. The molecule has 6 heteroatoms. The number of nitrogens with zero attached hydrogens (tertiary/aromatic N) is 1. The smallest absolute Gasteiger partial charge is 0.414 e. The number of nitrogens with one attached hydrogen (secondary N) is 1. The average Bonchev–Trinajstić information content (AvgIpc) is 2.38. The maximum absolute atomic E-state index is 12.3. The van der Waals surface area contributed by atoms with Crippen LogP contribution in [0.3, 0.4) is 0 Å². The number of rotatable bonds is 4. The van der Waals surface area contributed by atoms with Gasteiger partial charge in [-0.2, -0.15) is 0 Å². The SMILES string of the molecule is CCN(C(=O)OC(C)(C)C)c1ccc(NC2(C)COC2)c(N)c1. The van der Waals surface area contributed by atoms with Gasteiger partial charge in [-0.15, -0.1) is 0 Å². The van der Waals surface area contributed by atoms with Gasteiger partial charge in [0.15, 0.2) is 0 Å². The van der Waals surface area contributed by atoms with Crippen molar-refractivity contribution in [2.24, 2.45) is 0 Å². The van der Waals surface area contributed by atoms with Crippen LogP contribution in [0.1, 0.15) is 34.6 Å². The number of anilines is 3. The maximum atomic E-state index is 12.3. The molecule has 1 aliphatic rings. The topological polar surface area (TPSA) is 76.8 Å².